The molecule has 1 saturated heterocycles. The normalized spacial score (nSPS) is 16.9. The highest BCUT2D eigenvalue weighted by Gasteiger charge is 2.07. The van der Waals surface area contributed by atoms with E-state index in [2.05, 4.69) is 11.0 Å². The average Bonchev–Trinajstić information content (AvgIpc) is 2.45. The predicted molar refractivity (Wildman–Crippen MR) is 80.8 cm³/mol. The minimum Gasteiger partial charge on any atom is -0.494 e. The van der Waals surface area contributed by atoms with Crippen molar-refractivity contribution in [2.24, 2.45) is 0 Å². The number of benzene rings is 1. The lowest BCUT2D eigenvalue weighted by Crippen LogP contribution is -2.29. The summed E-state index contributed by atoms with van der Waals surface area (Å²) >= 11 is 0. The van der Waals surface area contributed by atoms with Gasteiger partial charge in [-0.25, -0.2) is 0 Å². The molecule has 1 aliphatic heterocycles. The van der Waals surface area contributed by atoms with Gasteiger partial charge in [-0.05, 0) is 50.6 Å². The van der Waals surface area contributed by atoms with E-state index in [0.29, 0.717) is 5.56 Å². The zero-order chi connectivity index (χ0) is 14.0. The quantitative estimate of drug-likeness (QED) is 0.768. The van der Waals surface area contributed by atoms with Crippen LogP contribution >= 0.6 is 0 Å². The molecule has 0 bridgehead atoms. The molecular weight excluding hydrogens is 248 g/mol. The van der Waals surface area contributed by atoms with Crippen LogP contribution in [0.2, 0.25) is 0 Å². The molecule has 0 aliphatic carbocycles. The van der Waals surface area contributed by atoms with Crippen LogP contribution in [0.3, 0.4) is 0 Å². The molecule has 108 valence electrons. The van der Waals surface area contributed by atoms with Crippen molar-refractivity contribution < 1.29 is 4.74 Å². The van der Waals surface area contributed by atoms with Crippen LogP contribution in [0.25, 0.3) is 0 Å². The molecule has 0 unspecified atom stereocenters. The van der Waals surface area contributed by atoms with Gasteiger partial charge in [0.05, 0.1) is 18.2 Å². The molecule has 20 heavy (non-hydrogen) atoms. The highest BCUT2D eigenvalue weighted by molar-refractivity contribution is 5.36. The number of hydrogen-bond donors (Lipinski definition) is 0. The van der Waals surface area contributed by atoms with Crippen LogP contribution < -0.4 is 4.74 Å². The van der Waals surface area contributed by atoms with Gasteiger partial charge in [0.2, 0.25) is 0 Å². The molecule has 0 aromatic heterocycles. The summed E-state index contributed by atoms with van der Waals surface area (Å²) in [6.45, 7) is 4.33. The number of hydrogen-bond acceptors (Lipinski definition) is 3. The van der Waals surface area contributed by atoms with E-state index < -0.39 is 0 Å². The fourth-order valence-corrected chi connectivity index (χ4v) is 2.67. The zero-order valence-electron chi connectivity index (χ0n) is 12.2. The Morgan fingerprint density at radius 1 is 1.10 bits per heavy atom. The van der Waals surface area contributed by atoms with Crippen LogP contribution in [0, 0.1) is 11.3 Å². The minimum atomic E-state index is 0.659. The third-order valence-corrected chi connectivity index (χ3v) is 3.80. The Morgan fingerprint density at radius 3 is 2.60 bits per heavy atom. The van der Waals surface area contributed by atoms with Crippen molar-refractivity contribution in [2.75, 3.05) is 26.2 Å². The Bertz CT molecular complexity index is 431. The number of likely N-dealkylation sites (tertiary alicyclic amines) is 1. The standard InChI is InChI=1S/C17H24N2O/c18-15-16-8-6-9-17(14-16)20-13-7-12-19-10-4-2-1-3-5-11-19/h6,8-9,14H,1-5,7,10-13H2. The van der Waals surface area contributed by atoms with Gasteiger partial charge in [0, 0.05) is 6.54 Å². The summed E-state index contributed by atoms with van der Waals surface area (Å²) in [6, 6.07) is 9.52. The van der Waals surface area contributed by atoms with Crippen LogP contribution in [0.5, 0.6) is 5.75 Å². The van der Waals surface area contributed by atoms with E-state index in [9.17, 15) is 0 Å². The second-order valence-corrected chi connectivity index (χ2v) is 5.45. The Balaban J connectivity index is 1.66. The fraction of sp³-hybridized carbons (Fsp3) is 0.588. The summed E-state index contributed by atoms with van der Waals surface area (Å²) in [7, 11) is 0. The number of nitriles is 1. The van der Waals surface area contributed by atoms with Crippen LogP contribution in [-0.2, 0) is 0 Å². The lowest BCUT2D eigenvalue weighted by atomic mass is 10.1. The molecule has 0 N–H and O–H groups in total. The Morgan fingerprint density at radius 2 is 1.85 bits per heavy atom. The first-order chi connectivity index (χ1) is 9.88. The van der Waals surface area contributed by atoms with Gasteiger partial charge in [-0.1, -0.05) is 25.3 Å². The molecule has 3 nitrogen and oxygen atoms in total. The molecule has 0 amide bonds. The Hall–Kier alpha value is -1.53. The largest absolute Gasteiger partial charge is 0.494 e. The molecule has 1 heterocycles. The molecular formula is C17H24N2O. The molecule has 1 aromatic carbocycles. The Kier molecular flexibility index (Phi) is 6.40. The van der Waals surface area contributed by atoms with Gasteiger partial charge in [0.1, 0.15) is 5.75 Å². The molecule has 1 aromatic rings. The molecule has 0 atom stereocenters. The minimum absolute atomic E-state index is 0.659. The molecule has 1 fully saturated rings. The van der Waals surface area contributed by atoms with Crippen molar-refractivity contribution in [3.05, 3.63) is 29.8 Å². The Labute approximate surface area is 122 Å². The van der Waals surface area contributed by atoms with E-state index in [0.717, 1.165) is 25.3 Å². The van der Waals surface area contributed by atoms with Crippen LogP contribution in [0.4, 0.5) is 0 Å². The molecule has 3 heteroatoms. The zero-order valence-corrected chi connectivity index (χ0v) is 12.2. The second-order valence-electron chi connectivity index (χ2n) is 5.45. The van der Waals surface area contributed by atoms with E-state index in [1.807, 2.05) is 12.1 Å². The summed E-state index contributed by atoms with van der Waals surface area (Å²) in [6.07, 6.45) is 7.90. The molecule has 2 rings (SSSR count). The summed E-state index contributed by atoms with van der Waals surface area (Å²) in [4.78, 5) is 2.56. The molecule has 0 saturated carbocycles. The SMILES string of the molecule is N#Cc1cccc(OCCCN2CCCCCCC2)c1. The van der Waals surface area contributed by atoms with Gasteiger partial charge >= 0.3 is 0 Å². The van der Waals surface area contributed by atoms with Crippen LogP contribution in [-0.4, -0.2) is 31.1 Å². The summed E-state index contributed by atoms with van der Waals surface area (Å²) in [5, 5.41) is 8.84. The summed E-state index contributed by atoms with van der Waals surface area (Å²) in [5.74, 6) is 0.803. The summed E-state index contributed by atoms with van der Waals surface area (Å²) in [5.41, 5.74) is 0.659. The highest BCUT2D eigenvalue weighted by Crippen LogP contribution is 2.13. The van der Waals surface area contributed by atoms with Gasteiger partial charge in [0.15, 0.2) is 0 Å². The van der Waals surface area contributed by atoms with E-state index in [4.69, 9.17) is 10.00 Å². The predicted octanol–water partition coefficient (Wildman–Crippen LogP) is 3.59. The smallest absolute Gasteiger partial charge is 0.120 e. The average molecular weight is 272 g/mol. The number of nitrogens with zero attached hydrogens (tertiary/aromatic N) is 2. The van der Waals surface area contributed by atoms with Gasteiger partial charge in [-0.3, -0.25) is 0 Å². The third-order valence-electron chi connectivity index (χ3n) is 3.80. The molecule has 0 spiro atoms. The molecule has 0 radical (unpaired) electrons. The maximum absolute atomic E-state index is 8.84. The molecule has 1 aliphatic rings. The van der Waals surface area contributed by atoms with E-state index in [-0.39, 0.29) is 0 Å². The fourth-order valence-electron chi connectivity index (χ4n) is 2.67. The van der Waals surface area contributed by atoms with Gasteiger partial charge < -0.3 is 9.64 Å². The lowest BCUT2D eigenvalue weighted by molar-refractivity contribution is 0.218. The third kappa shape index (κ3) is 5.22. The topological polar surface area (TPSA) is 36.3 Å². The highest BCUT2D eigenvalue weighted by atomic mass is 16.5. The summed E-state index contributed by atoms with van der Waals surface area (Å²) < 4.78 is 5.72. The number of ether oxygens (including phenoxy) is 1. The van der Waals surface area contributed by atoms with Crippen molar-refractivity contribution in [2.45, 2.75) is 38.5 Å². The maximum atomic E-state index is 8.84. The van der Waals surface area contributed by atoms with Crippen LogP contribution in [0.15, 0.2) is 24.3 Å². The van der Waals surface area contributed by atoms with Gasteiger partial charge in [-0.2, -0.15) is 5.26 Å². The van der Waals surface area contributed by atoms with Crippen molar-refractivity contribution in [1.82, 2.24) is 4.90 Å². The van der Waals surface area contributed by atoms with Crippen molar-refractivity contribution in [1.29, 1.82) is 5.26 Å². The van der Waals surface area contributed by atoms with Crippen LogP contribution in [0.1, 0.15) is 44.1 Å². The first-order valence-corrected chi connectivity index (χ1v) is 7.74. The van der Waals surface area contributed by atoms with E-state index in [1.165, 1.54) is 45.2 Å². The number of rotatable bonds is 5. The van der Waals surface area contributed by atoms with Crippen molar-refractivity contribution in [3.8, 4) is 11.8 Å². The first-order valence-electron chi connectivity index (χ1n) is 7.74. The van der Waals surface area contributed by atoms with Crippen molar-refractivity contribution >= 4 is 0 Å². The first kappa shape index (κ1) is 14.9. The van der Waals surface area contributed by atoms with Gasteiger partial charge in [0.25, 0.3) is 0 Å². The van der Waals surface area contributed by atoms with E-state index >= 15 is 0 Å². The monoisotopic (exact) mass is 272 g/mol. The van der Waals surface area contributed by atoms with Crippen molar-refractivity contribution in [3.63, 3.8) is 0 Å². The maximum Gasteiger partial charge on any atom is 0.120 e. The van der Waals surface area contributed by atoms with Gasteiger partial charge in [-0.15, -0.1) is 0 Å². The van der Waals surface area contributed by atoms with E-state index in [1.54, 1.807) is 12.1 Å². The second kappa shape index (κ2) is 8.60. The lowest BCUT2D eigenvalue weighted by Gasteiger charge is -2.24.